The van der Waals surface area contributed by atoms with Crippen molar-refractivity contribution in [3.63, 3.8) is 0 Å². The number of thiocarbonyl (C=S) groups is 4. The fourth-order valence-electron chi connectivity index (χ4n) is 8.19. The maximum Gasteiger partial charge on any atom is 0.419 e. The third-order valence-electron chi connectivity index (χ3n) is 11.1. The van der Waals surface area contributed by atoms with E-state index in [1.165, 1.54) is 0 Å². The van der Waals surface area contributed by atoms with Gasteiger partial charge in [0.05, 0.1) is 55.5 Å². The second-order valence-electron chi connectivity index (χ2n) is 14.8. The molecule has 9 aromatic rings. The van der Waals surface area contributed by atoms with Crippen LogP contribution in [0.15, 0.2) is 132 Å². The molecule has 0 saturated carbocycles. The molecule has 4 aromatic carbocycles. The van der Waals surface area contributed by atoms with Gasteiger partial charge in [-0.15, -0.1) is 34.0 Å². The molecule has 5 aromatic heterocycles. The molecule has 2 aliphatic rings. The minimum Gasteiger partial charge on any atom is -0.444 e. The van der Waals surface area contributed by atoms with Gasteiger partial charge in [0.15, 0.2) is 0 Å². The first-order chi connectivity index (χ1) is 30.2. The summed E-state index contributed by atoms with van der Waals surface area (Å²) in [6.07, 6.45) is 3.56. The molecule has 0 aliphatic heterocycles. The molecule has 13 heteroatoms. The molecule has 11 rings (SSSR count). The van der Waals surface area contributed by atoms with Crippen LogP contribution in [0, 0.1) is 0 Å². The Kier molecular flexibility index (Phi) is 9.88. The normalized spacial score (nSPS) is 14.5. The molecule has 0 atom stereocenters. The molecule has 5 heterocycles. The van der Waals surface area contributed by atoms with Gasteiger partial charge in [-0.3, -0.25) is 0 Å². The molecule has 0 fully saturated rings. The summed E-state index contributed by atoms with van der Waals surface area (Å²) in [5.74, 6) is 0. The summed E-state index contributed by atoms with van der Waals surface area (Å²) in [7, 11) is 0. The highest BCUT2D eigenvalue weighted by molar-refractivity contribution is 7.84. The number of aromatic nitrogens is 2. The SMILES string of the molecule is O=C(OCc1ccccc1)n1c2cc(C=C3C(=S)c4ccccc4C3=S)sc2c2sc3c4sc(/C=C5/C(=S)Cc6ccccc6C5=S)cc4n(C(=O)OCc4ccccc4)c3c21. The Morgan fingerprint density at radius 3 is 1.48 bits per heavy atom. The van der Waals surface area contributed by atoms with E-state index in [-0.39, 0.29) is 13.2 Å². The zero-order valence-corrected chi connectivity index (χ0v) is 37.9. The van der Waals surface area contributed by atoms with Crippen LogP contribution in [0.4, 0.5) is 9.59 Å². The maximum atomic E-state index is 14.6. The van der Waals surface area contributed by atoms with E-state index in [0.717, 1.165) is 77.9 Å². The number of fused-ring (bicyclic) bond motifs is 9. The van der Waals surface area contributed by atoms with E-state index in [0.29, 0.717) is 43.1 Å². The lowest BCUT2D eigenvalue weighted by Gasteiger charge is -2.20. The van der Waals surface area contributed by atoms with Crippen molar-refractivity contribution >= 4 is 168 Å². The number of hydrogen-bond donors (Lipinski definition) is 0. The Bertz CT molecular complexity index is 3470. The second kappa shape index (κ2) is 15.6. The van der Waals surface area contributed by atoms with E-state index >= 15 is 0 Å². The number of allylic oxidation sites excluding steroid dienone is 2. The molecule has 0 radical (unpaired) electrons. The Balaban J connectivity index is 1.10. The van der Waals surface area contributed by atoms with Crippen molar-refractivity contribution in [3.05, 3.63) is 176 Å². The summed E-state index contributed by atoms with van der Waals surface area (Å²) in [5, 5.41) is 0. The summed E-state index contributed by atoms with van der Waals surface area (Å²) >= 11 is 28.4. The van der Waals surface area contributed by atoms with Crippen LogP contribution in [0.25, 0.3) is 53.0 Å². The maximum absolute atomic E-state index is 14.6. The average molecular weight is 933 g/mol. The van der Waals surface area contributed by atoms with E-state index in [9.17, 15) is 9.59 Å². The van der Waals surface area contributed by atoms with Crippen LogP contribution < -0.4 is 0 Å². The smallest absolute Gasteiger partial charge is 0.419 e. The Morgan fingerprint density at radius 1 is 0.532 bits per heavy atom. The van der Waals surface area contributed by atoms with Crippen molar-refractivity contribution in [2.45, 2.75) is 19.6 Å². The predicted octanol–water partition coefficient (Wildman–Crippen LogP) is 13.7. The van der Waals surface area contributed by atoms with Crippen LogP contribution in [0.5, 0.6) is 0 Å². The van der Waals surface area contributed by atoms with Crippen molar-refractivity contribution in [2.75, 3.05) is 0 Å². The van der Waals surface area contributed by atoms with Gasteiger partial charge >= 0.3 is 12.2 Å². The van der Waals surface area contributed by atoms with E-state index in [1.54, 1.807) is 43.1 Å². The molecule has 0 unspecified atom stereocenters. The van der Waals surface area contributed by atoms with Crippen LogP contribution in [-0.4, -0.2) is 40.8 Å². The largest absolute Gasteiger partial charge is 0.444 e. The molecule has 0 amide bonds. The van der Waals surface area contributed by atoms with Crippen LogP contribution in [0.3, 0.4) is 0 Å². The van der Waals surface area contributed by atoms with Gasteiger partial charge in [-0.25, -0.2) is 18.7 Å². The van der Waals surface area contributed by atoms with Crippen LogP contribution in [-0.2, 0) is 29.1 Å². The number of carbonyl (C=O) groups excluding carboxylic acids is 2. The first-order valence-corrected chi connectivity index (χ1v) is 23.6. The average Bonchev–Trinajstić information content (AvgIpc) is 4.13. The van der Waals surface area contributed by atoms with E-state index in [1.807, 2.05) is 127 Å². The van der Waals surface area contributed by atoms with Crippen LogP contribution >= 0.6 is 82.9 Å². The highest BCUT2D eigenvalue weighted by Crippen LogP contribution is 2.50. The van der Waals surface area contributed by atoms with E-state index < -0.39 is 12.2 Å². The highest BCUT2D eigenvalue weighted by Gasteiger charge is 2.32. The predicted molar refractivity (Wildman–Crippen MR) is 270 cm³/mol. The van der Waals surface area contributed by atoms with Crippen molar-refractivity contribution in [3.8, 4) is 0 Å². The molecule has 0 bridgehead atoms. The van der Waals surface area contributed by atoms with Gasteiger partial charge < -0.3 is 9.47 Å². The highest BCUT2D eigenvalue weighted by atomic mass is 32.1. The minimum atomic E-state index is -0.566. The summed E-state index contributed by atoms with van der Waals surface area (Å²) in [6, 6.07) is 39.1. The fourth-order valence-corrected chi connectivity index (χ4v) is 13.4. The zero-order valence-electron chi connectivity index (χ0n) is 32.2. The van der Waals surface area contributed by atoms with Crippen LogP contribution in [0.1, 0.15) is 43.1 Å². The topological polar surface area (TPSA) is 62.5 Å². The summed E-state index contributed by atoms with van der Waals surface area (Å²) < 4.78 is 18.8. The van der Waals surface area contributed by atoms with Crippen molar-refractivity contribution in [1.29, 1.82) is 0 Å². The minimum absolute atomic E-state index is 0.0669. The van der Waals surface area contributed by atoms with Gasteiger partial charge in [0.2, 0.25) is 0 Å². The first kappa shape index (κ1) is 39.2. The number of carbonyl (C=O) groups is 2. The standard InChI is InChI=1S/C49H28N2O4S7/c52-48(54-24-26-11-3-1-4-12-26)50-36-22-29(20-34-38(56)19-28-15-7-8-16-31(28)41(34)57)60-44(36)46-39(50)40-47(62-46)45-37(51(40)49(53)55-25-27-13-5-2-6-14-27)23-30(61-45)21-35-42(58)32-17-9-10-18-33(32)43(35)59/h1-18,20-23H,19,24-25H2/b34-20-. The van der Waals surface area contributed by atoms with Crippen molar-refractivity contribution < 1.29 is 19.1 Å². The molecular weight excluding hydrogens is 905 g/mol. The van der Waals surface area contributed by atoms with Gasteiger partial charge in [0.1, 0.15) is 13.2 Å². The Labute approximate surface area is 387 Å². The molecular formula is C49H28N2O4S7. The summed E-state index contributed by atoms with van der Waals surface area (Å²) in [4.78, 5) is 33.8. The molecule has 0 N–H and O–H groups in total. The lowest BCUT2D eigenvalue weighted by atomic mass is 9.87. The quantitative estimate of drug-likeness (QED) is 0.121. The molecule has 0 spiro atoms. The number of benzene rings is 4. The fraction of sp³-hybridized carbons (Fsp3) is 0.0612. The molecule has 62 heavy (non-hydrogen) atoms. The summed E-state index contributed by atoms with van der Waals surface area (Å²) in [5.41, 5.74) is 9.86. The molecule has 2 aliphatic carbocycles. The van der Waals surface area contributed by atoms with Crippen LogP contribution in [0.2, 0.25) is 0 Å². The van der Waals surface area contributed by atoms with Gasteiger partial charge in [0, 0.05) is 43.3 Å². The lowest BCUT2D eigenvalue weighted by molar-refractivity contribution is 0.142. The first-order valence-electron chi connectivity index (χ1n) is 19.5. The molecule has 0 saturated heterocycles. The molecule has 6 nitrogen and oxygen atoms in total. The second-order valence-corrected chi connectivity index (χ2v) is 19.7. The van der Waals surface area contributed by atoms with Crippen molar-refractivity contribution in [2.24, 2.45) is 0 Å². The Hall–Kier alpha value is -5.64. The monoisotopic (exact) mass is 932 g/mol. The van der Waals surface area contributed by atoms with Gasteiger partial charge in [-0.2, -0.15) is 0 Å². The number of rotatable bonds is 6. The van der Waals surface area contributed by atoms with E-state index in [2.05, 4.69) is 6.07 Å². The number of hydrogen-bond acceptors (Lipinski definition) is 11. The number of nitrogens with zero attached hydrogens (tertiary/aromatic N) is 2. The summed E-state index contributed by atoms with van der Waals surface area (Å²) in [6.45, 7) is 0.134. The third kappa shape index (κ3) is 6.50. The third-order valence-corrected chi connectivity index (χ3v) is 16.4. The number of thiophene rings is 3. The van der Waals surface area contributed by atoms with Gasteiger partial charge in [-0.05, 0) is 46.5 Å². The van der Waals surface area contributed by atoms with E-state index in [4.69, 9.17) is 58.3 Å². The zero-order chi connectivity index (χ0) is 42.2. The van der Waals surface area contributed by atoms with Gasteiger partial charge in [-0.1, -0.05) is 158 Å². The molecule has 300 valence electrons. The lowest BCUT2D eigenvalue weighted by Crippen LogP contribution is -2.21. The Morgan fingerprint density at radius 2 is 0.968 bits per heavy atom. The van der Waals surface area contributed by atoms with Crippen molar-refractivity contribution in [1.82, 2.24) is 9.13 Å². The van der Waals surface area contributed by atoms with Gasteiger partial charge in [0.25, 0.3) is 0 Å². The number of ether oxygens (including phenoxy) is 2.